The van der Waals surface area contributed by atoms with E-state index in [1.54, 1.807) is 6.20 Å². The van der Waals surface area contributed by atoms with Crippen LogP contribution < -0.4 is 0 Å². The highest BCUT2D eigenvalue weighted by atomic mass is 16.7. The SMILES string of the molecule is CC(C)(OC1CCCCO1)c1cc(-c2ccnc3cc(-c4ccc(C(=O)N5C6CCC5COC6)cc4)oc23)ccn1. The van der Waals surface area contributed by atoms with Crippen LogP contribution in [0, 0.1) is 0 Å². The molecule has 1 aromatic carbocycles. The second-order valence-electron chi connectivity index (χ2n) is 11.7. The minimum atomic E-state index is -0.613. The third-order valence-corrected chi connectivity index (χ3v) is 8.55. The number of aromatic nitrogens is 2. The van der Waals surface area contributed by atoms with Crippen LogP contribution in [0.3, 0.4) is 0 Å². The predicted octanol–water partition coefficient (Wildman–Crippen LogP) is 6.34. The quantitative estimate of drug-likeness (QED) is 0.275. The molecule has 3 atom stereocenters. The van der Waals surface area contributed by atoms with E-state index in [9.17, 15) is 4.79 Å². The molecule has 4 aromatic rings. The summed E-state index contributed by atoms with van der Waals surface area (Å²) in [5.74, 6) is 0.786. The zero-order valence-electron chi connectivity index (χ0n) is 23.5. The fourth-order valence-electron chi connectivity index (χ4n) is 6.31. The molecule has 8 heteroatoms. The number of nitrogens with zero attached hydrogens (tertiary/aromatic N) is 3. The maximum Gasteiger partial charge on any atom is 0.254 e. The number of ether oxygens (including phenoxy) is 3. The number of benzene rings is 1. The number of morpholine rings is 1. The van der Waals surface area contributed by atoms with E-state index >= 15 is 0 Å². The van der Waals surface area contributed by atoms with Gasteiger partial charge in [0.25, 0.3) is 5.91 Å². The molecule has 0 aliphatic carbocycles. The third kappa shape index (κ3) is 5.05. The Balaban J connectivity index is 1.14. The van der Waals surface area contributed by atoms with Crippen LogP contribution in [-0.2, 0) is 19.8 Å². The zero-order chi connectivity index (χ0) is 28.0. The summed E-state index contributed by atoms with van der Waals surface area (Å²) in [6, 6.07) is 16.0. The van der Waals surface area contributed by atoms with E-state index in [2.05, 4.69) is 16.0 Å². The smallest absolute Gasteiger partial charge is 0.254 e. The molecule has 1 amide bonds. The highest BCUT2D eigenvalue weighted by molar-refractivity contribution is 5.96. The lowest BCUT2D eigenvalue weighted by molar-refractivity contribution is -0.220. The van der Waals surface area contributed by atoms with Gasteiger partial charge in [-0.1, -0.05) is 12.1 Å². The lowest BCUT2D eigenvalue weighted by Crippen LogP contribution is -2.49. The van der Waals surface area contributed by atoms with E-state index in [0.29, 0.717) is 30.1 Å². The second kappa shape index (κ2) is 10.7. The van der Waals surface area contributed by atoms with Crippen molar-refractivity contribution < 1.29 is 23.4 Å². The van der Waals surface area contributed by atoms with Gasteiger partial charge in [0.1, 0.15) is 16.9 Å². The summed E-state index contributed by atoms with van der Waals surface area (Å²) in [6.07, 6.45) is 8.51. The van der Waals surface area contributed by atoms with Crippen molar-refractivity contribution in [3.05, 3.63) is 72.2 Å². The largest absolute Gasteiger partial charge is 0.454 e. The van der Waals surface area contributed by atoms with Crippen LogP contribution in [0.25, 0.3) is 33.6 Å². The van der Waals surface area contributed by atoms with Gasteiger partial charge >= 0.3 is 0 Å². The van der Waals surface area contributed by atoms with Gasteiger partial charge in [-0.3, -0.25) is 14.8 Å². The molecule has 3 fully saturated rings. The monoisotopic (exact) mass is 553 g/mol. The van der Waals surface area contributed by atoms with E-state index in [0.717, 1.165) is 66.6 Å². The maximum absolute atomic E-state index is 13.3. The van der Waals surface area contributed by atoms with Crippen molar-refractivity contribution in [2.45, 2.75) is 69.9 Å². The summed E-state index contributed by atoms with van der Waals surface area (Å²) in [6.45, 7) is 6.06. The Hall–Kier alpha value is -3.59. The molecule has 0 spiro atoms. The number of carbonyl (C=O) groups is 1. The Morgan fingerprint density at radius 2 is 1.71 bits per heavy atom. The number of fused-ring (bicyclic) bond motifs is 3. The minimum Gasteiger partial charge on any atom is -0.454 e. The molecule has 0 radical (unpaired) electrons. The highest BCUT2D eigenvalue weighted by Gasteiger charge is 2.40. The first-order valence-corrected chi connectivity index (χ1v) is 14.6. The summed E-state index contributed by atoms with van der Waals surface area (Å²) in [5.41, 5.74) is 5.19. The number of furan rings is 1. The minimum absolute atomic E-state index is 0.0800. The average Bonchev–Trinajstić information content (AvgIpc) is 3.55. The standard InChI is InChI=1S/C33H35N3O5/c1-33(2,41-30-5-3-4-16-39-30)29-17-23(12-14-35-29)26-13-15-34-27-18-28(40-31(26)27)21-6-8-22(9-7-21)32(37)36-24-10-11-25(36)20-38-19-24/h6-9,12-15,17-18,24-25,30H,3-5,10-11,16,19-20H2,1-2H3. The van der Waals surface area contributed by atoms with Crippen LogP contribution in [0.5, 0.6) is 0 Å². The second-order valence-corrected chi connectivity index (χ2v) is 11.7. The van der Waals surface area contributed by atoms with Gasteiger partial charge in [0.2, 0.25) is 0 Å². The van der Waals surface area contributed by atoms with Crippen molar-refractivity contribution in [1.29, 1.82) is 0 Å². The summed E-state index contributed by atoms with van der Waals surface area (Å²) in [4.78, 5) is 24.5. The predicted molar refractivity (Wildman–Crippen MR) is 154 cm³/mol. The van der Waals surface area contributed by atoms with Crippen molar-refractivity contribution in [2.24, 2.45) is 0 Å². The van der Waals surface area contributed by atoms with Gasteiger partial charge in [0, 0.05) is 41.8 Å². The van der Waals surface area contributed by atoms with Crippen molar-refractivity contribution in [3.63, 3.8) is 0 Å². The van der Waals surface area contributed by atoms with Crippen LogP contribution in [0.1, 0.15) is 62.0 Å². The Morgan fingerprint density at radius 1 is 0.927 bits per heavy atom. The molecule has 3 unspecified atom stereocenters. The first-order chi connectivity index (χ1) is 20.0. The number of hydrogen-bond donors (Lipinski definition) is 0. The van der Waals surface area contributed by atoms with Crippen LogP contribution in [-0.4, -0.2) is 59.0 Å². The van der Waals surface area contributed by atoms with Crippen molar-refractivity contribution >= 4 is 17.0 Å². The Kier molecular flexibility index (Phi) is 6.85. The lowest BCUT2D eigenvalue weighted by Gasteiger charge is -2.34. The maximum atomic E-state index is 13.3. The van der Waals surface area contributed by atoms with Gasteiger partial charge in [-0.05, 0) is 81.8 Å². The first kappa shape index (κ1) is 26.3. The number of rotatable bonds is 6. The molecule has 3 aliphatic heterocycles. The molecule has 3 saturated heterocycles. The lowest BCUT2D eigenvalue weighted by atomic mass is 9.99. The van der Waals surface area contributed by atoms with E-state index in [-0.39, 0.29) is 24.3 Å². The van der Waals surface area contributed by atoms with Crippen LogP contribution in [0.4, 0.5) is 0 Å². The topological polar surface area (TPSA) is 86.9 Å². The van der Waals surface area contributed by atoms with Gasteiger partial charge in [0.05, 0.1) is 31.0 Å². The Bertz CT molecular complexity index is 1540. The van der Waals surface area contributed by atoms with Gasteiger partial charge in [-0.25, -0.2) is 0 Å². The van der Waals surface area contributed by atoms with E-state index in [1.807, 2.05) is 67.4 Å². The molecule has 3 aromatic heterocycles. The molecule has 212 valence electrons. The Morgan fingerprint density at radius 3 is 2.46 bits per heavy atom. The molecule has 41 heavy (non-hydrogen) atoms. The van der Waals surface area contributed by atoms with Gasteiger partial charge in [0.15, 0.2) is 11.9 Å². The van der Waals surface area contributed by atoms with Crippen LogP contribution in [0.2, 0.25) is 0 Å². The molecule has 0 N–H and O–H groups in total. The normalized spacial score (nSPS) is 22.8. The first-order valence-electron chi connectivity index (χ1n) is 14.6. The van der Waals surface area contributed by atoms with Gasteiger partial charge in [-0.2, -0.15) is 0 Å². The summed E-state index contributed by atoms with van der Waals surface area (Å²) in [5, 5.41) is 0. The molecule has 6 heterocycles. The van der Waals surface area contributed by atoms with E-state index in [4.69, 9.17) is 18.6 Å². The molecular formula is C33H35N3O5. The van der Waals surface area contributed by atoms with Gasteiger partial charge < -0.3 is 23.5 Å². The molecular weight excluding hydrogens is 518 g/mol. The average molecular weight is 554 g/mol. The fourth-order valence-corrected chi connectivity index (χ4v) is 6.31. The molecule has 7 rings (SSSR count). The van der Waals surface area contributed by atoms with Gasteiger partial charge in [-0.15, -0.1) is 0 Å². The zero-order valence-corrected chi connectivity index (χ0v) is 23.5. The molecule has 0 saturated carbocycles. The third-order valence-electron chi connectivity index (χ3n) is 8.55. The number of carbonyl (C=O) groups excluding carboxylic acids is 1. The summed E-state index contributed by atoms with van der Waals surface area (Å²) < 4.78 is 24.2. The van der Waals surface area contributed by atoms with Crippen molar-refractivity contribution in [1.82, 2.24) is 14.9 Å². The van der Waals surface area contributed by atoms with Crippen molar-refractivity contribution in [3.8, 4) is 22.5 Å². The number of hydrogen-bond acceptors (Lipinski definition) is 7. The number of amides is 1. The highest BCUT2D eigenvalue weighted by Crippen LogP contribution is 2.36. The van der Waals surface area contributed by atoms with Crippen molar-refractivity contribution in [2.75, 3.05) is 19.8 Å². The summed E-state index contributed by atoms with van der Waals surface area (Å²) in [7, 11) is 0. The molecule has 8 nitrogen and oxygen atoms in total. The molecule has 2 bridgehead atoms. The summed E-state index contributed by atoms with van der Waals surface area (Å²) >= 11 is 0. The Labute approximate surface area is 239 Å². The number of pyridine rings is 2. The van der Waals surface area contributed by atoms with E-state index in [1.165, 1.54) is 0 Å². The van der Waals surface area contributed by atoms with Crippen LogP contribution >= 0.6 is 0 Å². The molecule has 3 aliphatic rings. The van der Waals surface area contributed by atoms with E-state index < -0.39 is 5.60 Å². The van der Waals surface area contributed by atoms with Crippen LogP contribution in [0.15, 0.2) is 65.3 Å². The fraction of sp³-hybridized carbons (Fsp3) is 0.424.